The van der Waals surface area contributed by atoms with E-state index in [1.165, 1.54) is 22.5 Å². The molecule has 2 aromatic carbocycles. The van der Waals surface area contributed by atoms with Crippen molar-refractivity contribution in [2.45, 2.75) is 32.7 Å². The molecule has 5 nitrogen and oxygen atoms in total. The Balaban J connectivity index is 1.49. The van der Waals surface area contributed by atoms with Crippen LogP contribution < -0.4 is 10.6 Å². The van der Waals surface area contributed by atoms with Crippen LogP contribution in [0.3, 0.4) is 0 Å². The summed E-state index contributed by atoms with van der Waals surface area (Å²) < 4.78 is 0. The van der Waals surface area contributed by atoms with Crippen LogP contribution in [0.15, 0.2) is 60.8 Å². The first kappa shape index (κ1) is 19.8. The summed E-state index contributed by atoms with van der Waals surface area (Å²) in [6, 6.07) is 17.0. The SMILES string of the molecule is Cc1cccc(Cc2cnc(NC(=O)CC(C)NC(=O)c3ccccc3)s2)c1. The fraction of sp³-hybridized carbons (Fsp3) is 0.227. The normalized spacial score (nSPS) is 11.6. The minimum atomic E-state index is -0.278. The van der Waals surface area contributed by atoms with Crippen LogP contribution in [0, 0.1) is 6.92 Å². The van der Waals surface area contributed by atoms with Gasteiger partial charge in [-0.05, 0) is 31.5 Å². The zero-order valence-electron chi connectivity index (χ0n) is 15.9. The van der Waals surface area contributed by atoms with Gasteiger partial charge in [0.15, 0.2) is 5.13 Å². The molecule has 0 saturated carbocycles. The summed E-state index contributed by atoms with van der Waals surface area (Å²) in [7, 11) is 0. The summed E-state index contributed by atoms with van der Waals surface area (Å²) in [5, 5.41) is 6.24. The Labute approximate surface area is 168 Å². The summed E-state index contributed by atoms with van der Waals surface area (Å²) in [6.45, 7) is 3.88. The first-order valence-electron chi connectivity index (χ1n) is 9.15. The van der Waals surface area contributed by atoms with E-state index in [1.54, 1.807) is 18.3 Å². The fourth-order valence-electron chi connectivity index (χ4n) is 2.87. The number of aryl methyl sites for hydroxylation is 1. The molecule has 0 spiro atoms. The van der Waals surface area contributed by atoms with Crippen LogP contribution in [0.4, 0.5) is 5.13 Å². The lowest BCUT2D eigenvalue weighted by Gasteiger charge is -2.13. The van der Waals surface area contributed by atoms with E-state index in [0.717, 1.165) is 11.3 Å². The molecule has 1 atom stereocenters. The Bertz CT molecular complexity index is 953. The van der Waals surface area contributed by atoms with Crippen LogP contribution >= 0.6 is 11.3 Å². The second kappa shape index (κ2) is 9.28. The third kappa shape index (κ3) is 5.76. The Kier molecular flexibility index (Phi) is 6.55. The van der Waals surface area contributed by atoms with Crippen molar-refractivity contribution in [1.29, 1.82) is 0 Å². The molecular formula is C22H23N3O2S. The maximum atomic E-state index is 12.3. The molecule has 0 saturated heterocycles. The maximum Gasteiger partial charge on any atom is 0.251 e. The molecular weight excluding hydrogens is 370 g/mol. The van der Waals surface area contributed by atoms with Crippen molar-refractivity contribution in [3.63, 3.8) is 0 Å². The molecule has 0 aliphatic carbocycles. The van der Waals surface area contributed by atoms with Gasteiger partial charge in [0.05, 0.1) is 0 Å². The number of aromatic nitrogens is 1. The number of amides is 2. The first-order chi connectivity index (χ1) is 13.5. The van der Waals surface area contributed by atoms with E-state index < -0.39 is 0 Å². The van der Waals surface area contributed by atoms with E-state index in [-0.39, 0.29) is 24.3 Å². The number of anilines is 1. The largest absolute Gasteiger partial charge is 0.349 e. The second-order valence-corrected chi connectivity index (χ2v) is 7.91. The number of benzene rings is 2. The van der Waals surface area contributed by atoms with E-state index in [0.29, 0.717) is 10.7 Å². The molecule has 6 heteroatoms. The molecule has 2 N–H and O–H groups in total. The molecule has 2 amide bonds. The van der Waals surface area contributed by atoms with Crippen molar-refractivity contribution in [2.75, 3.05) is 5.32 Å². The van der Waals surface area contributed by atoms with Crippen LogP contribution in [-0.2, 0) is 11.2 Å². The molecule has 1 unspecified atom stereocenters. The summed E-state index contributed by atoms with van der Waals surface area (Å²) in [5.41, 5.74) is 3.02. The third-order valence-electron chi connectivity index (χ3n) is 4.17. The zero-order valence-corrected chi connectivity index (χ0v) is 16.8. The predicted molar refractivity (Wildman–Crippen MR) is 113 cm³/mol. The maximum absolute atomic E-state index is 12.3. The lowest BCUT2D eigenvalue weighted by Crippen LogP contribution is -2.35. The molecule has 3 aromatic rings. The van der Waals surface area contributed by atoms with Crippen molar-refractivity contribution in [1.82, 2.24) is 10.3 Å². The van der Waals surface area contributed by atoms with Gasteiger partial charge >= 0.3 is 0 Å². The summed E-state index contributed by atoms with van der Waals surface area (Å²) in [4.78, 5) is 29.8. The fourth-order valence-corrected chi connectivity index (χ4v) is 3.73. The minimum absolute atomic E-state index is 0.169. The summed E-state index contributed by atoms with van der Waals surface area (Å²) in [6.07, 6.45) is 2.77. The van der Waals surface area contributed by atoms with Gasteiger partial charge in [-0.1, -0.05) is 48.0 Å². The lowest BCUT2D eigenvalue weighted by atomic mass is 10.1. The molecule has 0 radical (unpaired) electrons. The van der Waals surface area contributed by atoms with Crippen molar-refractivity contribution >= 4 is 28.3 Å². The van der Waals surface area contributed by atoms with Gasteiger partial charge in [0, 0.05) is 35.5 Å². The average molecular weight is 394 g/mol. The molecule has 0 aliphatic heterocycles. The lowest BCUT2D eigenvalue weighted by molar-refractivity contribution is -0.116. The third-order valence-corrected chi connectivity index (χ3v) is 5.08. The molecule has 144 valence electrons. The van der Waals surface area contributed by atoms with Crippen molar-refractivity contribution in [2.24, 2.45) is 0 Å². The minimum Gasteiger partial charge on any atom is -0.349 e. The van der Waals surface area contributed by atoms with Crippen LogP contribution in [-0.4, -0.2) is 22.8 Å². The number of hydrogen-bond acceptors (Lipinski definition) is 4. The monoisotopic (exact) mass is 393 g/mol. The van der Waals surface area contributed by atoms with Gasteiger partial charge in [-0.3, -0.25) is 9.59 Å². The Morgan fingerprint density at radius 1 is 1.11 bits per heavy atom. The van der Waals surface area contributed by atoms with Crippen molar-refractivity contribution in [3.05, 3.63) is 82.4 Å². The average Bonchev–Trinajstić information content (AvgIpc) is 3.08. The predicted octanol–water partition coefficient (Wildman–Crippen LogP) is 4.19. The van der Waals surface area contributed by atoms with Crippen molar-refractivity contribution < 1.29 is 9.59 Å². The van der Waals surface area contributed by atoms with Crippen LogP contribution in [0.2, 0.25) is 0 Å². The number of thiazole rings is 1. The van der Waals surface area contributed by atoms with Gasteiger partial charge in [0.1, 0.15) is 0 Å². The number of carbonyl (C=O) groups excluding carboxylic acids is 2. The molecule has 3 rings (SSSR count). The highest BCUT2D eigenvalue weighted by Gasteiger charge is 2.14. The number of nitrogens with zero attached hydrogens (tertiary/aromatic N) is 1. The van der Waals surface area contributed by atoms with E-state index in [1.807, 2.05) is 31.2 Å². The van der Waals surface area contributed by atoms with Crippen LogP contribution in [0.1, 0.15) is 39.7 Å². The van der Waals surface area contributed by atoms with Gasteiger partial charge in [0.2, 0.25) is 5.91 Å². The highest BCUT2D eigenvalue weighted by molar-refractivity contribution is 7.15. The summed E-state index contributed by atoms with van der Waals surface area (Å²) >= 11 is 1.47. The van der Waals surface area contributed by atoms with Gasteiger partial charge < -0.3 is 10.6 Å². The van der Waals surface area contributed by atoms with E-state index in [4.69, 9.17) is 0 Å². The quantitative estimate of drug-likeness (QED) is 0.632. The number of carbonyl (C=O) groups is 2. The van der Waals surface area contributed by atoms with E-state index >= 15 is 0 Å². The number of nitrogens with one attached hydrogen (secondary N) is 2. The zero-order chi connectivity index (χ0) is 19.9. The molecule has 0 aliphatic rings. The highest BCUT2D eigenvalue weighted by atomic mass is 32.1. The van der Waals surface area contributed by atoms with Gasteiger partial charge in [-0.15, -0.1) is 11.3 Å². The molecule has 28 heavy (non-hydrogen) atoms. The van der Waals surface area contributed by atoms with Gasteiger partial charge in [0.25, 0.3) is 5.91 Å². The van der Waals surface area contributed by atoms with E-state index in [9.17, 15) is 9.59 Å². The molecule has 1 aromatic heterocycles. The van der Waals surface area contributed by atoms with Crippen LogP contribution in [0.25, 0.3) is 0 Å². The highest BCUT2D eigenvalue weighted by Crippen LogP contribution is 2.21. The second-order valence-electron chi connectivity index (χ2n) is 6.79. The van der Waals surface area contributed by atoms with E-state index in [2.05, 4.69) is 40.7 Å². The number of hydrogen-bond donors (Lipinski definition) is 2. The number of rotatable bonds is 7. The van der Waals surface area contributed by atoms with Gasteiger partial charge in [-0.2, -0.15) is 0 Å². The van der Waals surface area contributed by atoms with Crippen LogP contribution in [0.5, 0.6) is 0 Å². The standard InChI is InChI=1S/C22H23N3O2S/c1-15-7-6-8-17(11-15)13-19-14-23-22(28-19)25-20(26)12-16(2)24-21(27)18-9-4-3-5-10-18/h3-11,14,16H,12-13H2,1-2H3,(H,24,27)(H,23,25,26). The molecule has 1 heterocycles. The molecule has 0 bridgehead atoms. The smallest absolute Gasteiger partial charge is 0.251 e. The van der Waals surface area contributed by atoms with Crippen molar-refractivity contribution in [3.8, 4) is 0 Å². The first-order valence-corrected chi connectivity index (χ1v) is 9.97. The molecule has 0 fully saturated rings. The van der Waals surface area contributed by atoms with Gasteiger partial charge in [-0.25, -0.2) is 4.98 Å². The topological polar surface area (TPSA) is 71.1 Å². The summed E-state index contributed by atoms with van der Waals surface area (Å²) in [5.74, 6) is -0.354. The Morgan fingerprint density at radius 2 is 1.89 bits per heavy atom. The Hall–Kier alpha value is -2.99. The Morgan fingerprint density at radius 3 is 2.64 bits per heavy atom.